The van der Waals surface area contributed by atoms with E-state index < -0.39 is 0 Å². The van der Waals surface area contributed by atoms with Crippen LogP contribution < -0.4 is 15.8 Å². The minimum absolute atomic E-state index is 0.229. The predicted octanol–water partition coefficient (Wildman–Crippen LogP) is 3.06. The molecular weight excluding hydrogens is 378 g/mol. The van der Waals surface area contributed by atoms with Crippen molar-refractivity contribution in [3.05, 3.63) is 35.1 Å². The molecule has 28 heavy (non-hydrogen) atoms. The molecule has 0 bridgehead atoms. The van der Waals surface area contributed by atoms with Gasteiger partial charge in [-0.05, 0) is 37.5 Å². The molecule has 0 radical (unpaired) electrons. The Bertz CT molecular complexity index is 953. The fraction of sp³-hybridized carbons (Fsp3) is 0.421. The van der Waals surface area contributed by atoms with Crippen LogP contribution in [0.4, 0.5) is 11.8 Å². The number of rotatable bonds is 6. The molecule has 9 heteroatoms. The van der Waals surface area contributed by atoms with E-state index in [2.05, 4.69) is 36.2 Å². The largest absolute Gasteiger partial charge is 0.492 e. The first kappa shape index (κ1) is 18.8. The van der Waals surface area contributed by atoms with Gasteiger partial charge >= 0.3 is 0 Å². The Balaban J connectivity index is 1.36. The summed E-state index contributed by atoms with van der Waals surface area (Å²) in [6.07, 6.45) is 3.64. The van der Waals surface area contributed by atoms with Crippen molar-refractivity contribution < 1.29 is 4.74 Å². The Morgan fingerprint density at radius 2 is 2.14 bits per heavy atom. The first-order valence-electron chi connectivity index (χ1n) is 9.49. The second-order valence-corrected chi connectivity index (χ2v) is 7.33. The predicted molar refractivity (Wildman–Crippen MR) is 111 cm³/mol. The van der Waals surface area contributed by atoms with Crippen LogP contribution in [-0.4, -0.2) is 50.6 Å². The van der Waals surface area contributed by atoms with Crippen molar-refractivity contribution in [3.8, 4) is 5.75 Å². The number of nitrogens with zero attached hydrogens (tertiary/aromatic N) is 4. The number of hydrogen-bond acceptors (Lipinski definition) is 7. The van der Waals surface area contributed by atoms with E-state index in [1.807, 2.05) is 19.1 Å². The molecule has 3 aromatic rings. The molecule has 3 heterocycles. The topological polar surface area (TPSA) is 105 Å². The van der Waals surface area contributed by atoms with E-state index in [0.29, 0.717) is 23.3 Å². The molecule has 0 spiro atoms. The zero-order valence-electron chi connectivity index (χ0n) is 15.8. The van der Waals surface area contributed by atoms with E-state index >= 15 is 0 Å². The molecule has 1 aromatic carbocycles. The molecule has 0 amide bonds. The van der Waals surface area contributed by atoms with Gasteiger partial charge < -0.3 is 20.8 Å². The molecule has 1 aliphatic heterocycles. The third-order valence-corrected chi connectivity index (χ3v) is 5.25. The molecule has 148 valence electrons. The van der Waals surface area contributed by atoms with Gasteiger partial charge in [-0.1, -0.05) is 17.7 Å². The number of nitrogens with one attached hydrogen (secondary N) is 2. The van der Waals surface area contributed by atoms with Crippen molar-refractivity contribution in [2.24, 2.45) is 0 Å². The summed E-state index contributed by atoms with van der Waals surface area (Å²) in [7, 11) is 0. The summed E-state index contributed by atoms with van der Waals surface area (Å²) in [6, 6.07) is 6.34. The number of imidazole rings is 1. The lowest BCUT2D eigenvalue weighted by Crippen LogP contribution is -2.38. The van der Waals surface area contributed by atoms with Crippen LogP contribution in [0.5, 0.6) is 5.75 Å². The van der Waals surface area contributed by atoms with Gasteiger partial charge in [0.15, 0.2) is 11.5 Å². The molecule has 0 unspecified atom stereocenters. The summed E-state index contributed by atoms with van der Waals surface area (Å²) < 4.78 is 5.60. The third kappa shape index (κ3) is 4.13. The number of hydrogen-bond donors (Lipinski definition) is 3. The Kier molecular flexibility index (Phi) is 5.50. The Labute approximate surface area is 168 Å². The normalized spacial score (nSPS) is 15.8. The zero-order chi connectivity index (χ0) is 19.5. The number of nitrogen functional groups attached to an aromatic ring is 1. The molecule has 0 aliphatic carbocycles. The van der Waals surface area contributed by atoms with Gasteiger partial charge in [-0.3, -0.25) is 4.90 Å². The molecule has 2 aromatic heterocycles. The van der Waals surface area contributed by atoms with Crippen LogP contribution in [0.2, 0.25) is 5.02 Å². The van der Waals surface area contributed by atoms with Crippen LogP contribution in [0.3, 0.4) is 0 Å². The van der Waals surface area contributed by atoms with E-state index in [4.69, 9.17) is 22.1 Å². The molecular formula is C19H24ClN7O. The molecule has 0 atom stereocenters. The number of fused-ring (bicyclic) bond motifs is 1. The van der Waals surface area contributed by atoms with Crippen molar-refractivity contribution in [1.29, 1.82) is 0 Å². The van der Waals surface area contributed by atoms with Crippen molar-refractivity contribution >= 4 is 34.5 Å². The number of anilines is 2. The lowest BCUT2D eigenvalue weighted by atomic mass is 10.0. The highest BCUT2D eigenvalue weighted by molar-refractivity contribution is 6.32. The van der Waals surface area contributed by atoms with Gasteiger partial charge in [-0.2, -0.15) is 9.97 Å². The fourth-order valence-electron chi connectivity index (χ4n) is 3.55. The van der Waals surface area contributed by atoms with E-state index in [9.17, 15) is 0 Å². The van der Waals surface area contributed by atoms with Crippen molar-refractivity contribution in [3.63, 3.8) is 0 Å². The molecule has 4 rings (SSSR count). The number of ether oxygens (including phenoxy) is 1. The van der Waals surface area contributed by atoms with Gasteiger partial charge in [0.05, 0.1) is 18.0 Å². The van der Waals surface area contributed by atoms with E-state index in [1.54, 1.807) is 6.33 Å². The van der Waals surface area contributed by atoms with Crippen LogP contribution in [0.1, 0.15) is 25.3 Å². The number of aromatic amines is 1. The molecule has 1 aliphatic rings. The summed E-state index contributed by atoms with van der Waals surface area (Å²) in [5.41, 5.74) is 8.38. The lowest BCUT2D eigenvalue weighted by molar-refractivity contribution is 0.211. The second-order valence-electron chi connectivity index (χ2n) is 6.92. The minimum atomic E-state index is 0.229. The number of aromatic nitrogens is 4. The Morgan fingerprint density at radius 1 is 1.32 bits per heavy atom. The number of benzene rings is 1. The SMILES string of the molecule is CCOc1cc(CN2CCC(Nc3nc(N)nc4nc[nH]c34)CC2)ccc1Cl. The second kappa shape index (κ2) is 8.20. The number of likely N-dealkylation sites (tertiary alicyclic amines) is 1. The van der Waals surface area contributed by atoms with E-state index in [0.717, 1.165) is 49.6 Å². The summed E-state index contributed by atoms with van der Waals surface area (Å²) in [4.78, 5) is 18.2. The highest BCUT2D eigenvalue weighted by Crippen LogP contribution is 2.27. The van der Waals surface area contributed by atoms with Gasteiger partial charge in [-0.25, -0.2) is 4.98 Å². The quantitative estimate of drug-likeness (QED) is 0.582. The summed E-state index contributed by atoms with van der Waals surface area (Å²) in [5.74, 6) is 1.70. The summed E-state index contributed by atoms with van der Waals surface area (Å²) >= 11 is 6.19. The minimum Gasteiger partial charge on any atom is -0.492 e. The molecule has 8 nitrogen and oxygen atoms in total. The maximum absolute atomic E-state index is 6.19. The Morgan fingerprint density at radius 3 is 2.93 bits per heavy atom. The standard InChI is InChI=1S/C19H24ClN7O/c1-2-28-15-9-12(3-4-14(15)20)10-27-7-5-13(6-8-27)24-18-16-17(23-11-22-16)25-19(21)26-18/h3-4,9,11,13H,2,5-8,10H2,1H3,(H4,21,22,23,24,25,26). The van der Waals surface area contributed by atoms with Crippen LogP contribution in [-0.2, 0) is 6.54 Å². The first-order chi connectivity index (χ1) is 13.6. The van der Waals surface area contributed by atoms with Gasteiger partial charge in [-0.15, -0.1) is 0 Å². The van der Waals surface area contributed by atoms with E-state index in [-0.39, 0.29) is 5.95 Å². The fourth-order valence-corrected chi connectivity index (χ4v) is 3.73. The average molecular weight is 402 g/mol. The van der Waals surface area contributed by atoms with Crippen LogP contribution in [0, 0.1) is 0 Å². The van der Waals surface area contributed by atoms with Crippen molar-refractivity contribution in [1.82, 2.24) is 24.8 Å². The van der Waals surface area contributed by atoms with Crippen molar-refractivity contribution in [2.45, 2.75) is 32.4 Å². The third-order valence-electron chi connectivity index (χ3n) is 4.93. The van der Waals surface area contributed by atoms with Gasteiger partial charge in [0.25, 0.3) is 0 Å². The summed E-state index contributed by atoms with van der Waals surface area (Å²) in [6.45, 7) is 5.45. The molecule has 0 saturated carbocycles. The van der Waals surface area contributed by atoms with E-state index in [1.165, 1.54) is 5.56 Å². The zero-order valence-corrected chi connectivity index (χ0v) is 16.5. The first-order valence-corrected chi connectivity index (χ1v) is 9.87. The van der Waals surface area contributed by atoms with Gasteiger partial charge in [0, 0.05) is 25.7 Å². The van der Waals surface area contributed by atoms with Crippen LogP contribution in [0.15, 0.2) is 24.5 Å². The smallest absolute Gasteiger partial charge is 0.224 e. The van der Waals surface area contributed by atoms with Gasteiger partial charge in [0.2, 0.25) is 5.95 Å². The number of piperidine rings is 1. The molecule has 1 saturated heterocycles. The van der Waals surface area contributed by atoms with Crippen LogP contribution in [0.25, 0.3) is 11.2 Å². The summed E-state index contributed by atoms with van der Waals surface area (Å²) in [5, 5.41) is 4.16. The highest BCUT2D eigenvalue weighted by atomic mass is 35.5. The lowest BCUT2D eigenvalue weighted by Gasteiger charge is -2.32. The monoisotopic (exact) mass is 401 g/mol. The maximum atomic E-state index is 6.19. The van der Waals surface area contributed by atoms with Crippen molar-refractivity contribution in [2.75, 3.05) is 30.7 Å². The Hall–Kier alpha value is -2.58. The molecule has 1 fully saturated rings. The average Bonchev–Trinajstić information content (AvgIpc) is 3.15. The van der Waals surface area contributed by atoms with Gasteiger partial charge in [0.1, 0.15) is 11.3 Å². The maximum Gasteiger partial charge on any atom is 0.224 e. The molecule has 4 N–H and O–H groups in total. The highest BCUT2D eigenvalue weighted by Gasteiger charge is 2.21. The number of halogens is 1. The number of H-pyrrole nitrogens is 1. The van der Waals surface area contributed by atoms with Crippen LogP contribution >= 0.6 is 11.6 Å². The number of nitrogens with two attached hydrogens (primary N) is 1.